The van der Waals surface area contributed by atoms with Crippen molar-refractivity contribution in [3.63, 3.8) is 0 Å². The van der Waals surface area contributed by atoms with Crippen LogP contribution in [-0.2, 0) is 4.79 Å². The van der Waals surface area contributed by atoms with E-state index in [-0.39, 0.29) is 17.8 Å². The van der Waals surface area contributed by atoms with Gasteiger partial charge >= 0.3 is 6.03 Å². The molecule has 0 bridgehead atoms. The lowest BCUT2D eigenvalue weighted by Crippen LogP contribution is -2.37. The third-order valence-corrected chi connectivity index (χ3v) is 2.14. The van der Waals surface area contributed by atoms with Gasteiger partial charge in [0.15, 0.2) is 0 Å². The molecule has 0 saturated carbocycles. The highest BCUT2D eigenvalue weighted by Crippen LogP contribution is 2.03. The van der Waals surface area contributed by atoms with Gasteiger partial charge in [-0.25, -0.2) is 9.18 Å². The van der Waals surface area contributed by atoms with Crippen LogP contribution in [0.2, 0.25) is 0 Å². The second-order valence-corrected chi connectivity index (χ2v) is 3.77. The number of halogens is 1. The molecule has 0 atom stereocenters. The van der Waals surface area contributed by atoms with E-state index in [1.165, 1.54) is 25.3 Å². The van der Waals surface area contributed by atoms with Gasteiger partial charge in [-0.3, -0.25) is 4.79 Å². The summed E-state index contributed by atoms with van der Waals surface area (Å²) in [4.78, 5) is 21.8. The van der Waals surface area contributed by atoms with Gasteiger partial charge in [0.2, 0.25) is 5.91 Å². The van der Waals surface area contributed by atoms with Crippen LogP contribution in [0.1, 0.15) is 12.5 Å². The lowest BCUT2D eigenvalue weighted by atomic mass is 10.2. The van der Waals surface area contributed by atoms with E-state index in [1.807, 2.05) is 0 Å². The number of hydrogen-bond donors (Lipinski definition) is 3. The highest BCUT2D eigenvalue weighted by Gasteiger charge is 1.96. The highest BCUT2D eigenvalue weighted by molar-refractivity contribution is 5.76. The summed E-state index contributed by atoms with van der Waals surface area (Å²) in [6, 6.07) is 5.51. The Balaban J connectivity index is 2.22. The molecular formula is C13H16FN3O2. The summed E-state index contributed by atoms with van der Waals surface area (Å²) in [6.45, 7) is 2.13. The molecule has 0 heterocycles. The molecule has 0 aliphatic rings. The molecule has 0 spiro atoms. The fourth-order valence-electron chi connectivity index (χ4n) is 1.25. The van der Waals surface area contributed by atoms with Crippen LogP contribution in [0.5, 0.6) is 0 Å². The number of amides is 3. The van der Waals surface area contributed by atoms with E-state index in [0.29, 0.717) is 13.1 Å². The molecule has 0 fully saturated rings. The van der Waals surface area contributed by atoms with Crippen molar-refractivity contribution in [1.82, 2.24) is 16.0 Å². The molecule has 1 aromatic rings. The van der Waals surface area contributed by atoms with Gasteiger partial charge in [-0.15, -0.1) is 0 Å². The quantitative estimate of drug-likeness (QED) is 0.701. The Bertz CT molecular complexity index is 457. The van der Waals surface area contributed by atoms with E-state index in [0.717, 1.165) is 5.56 Å². The predicted molar refractivity (Wildman–Crippen MR) is 70.7 cm³/mol. The maximum Gasteiger partial charge on any atom is 0.318 e. The van der Waals surface area contributed by atoms with Gasteiger partial charge in [0.05, 0.1) is 0 Å². The highest BCUT2D eigenvalue weighted by atomic mass is 19.1. The van der Waals surface area contributed by atoms with Crippen molar-refractivity contribution < 1.29 is 14.0 Å². The number of urea groups is 1. The minimum absolute atomic E-state index is 0.140. The first-order valence-electron chi connectivity index (χ1n) is 5.79. The minimum Gasteiger partial charge on any atom is -0.355 e. The Kier molecular flexibility index (Phi) is 6.08. The van der Waals surface area contributed by atoms with Crippen LogP contribution in [0.3, 0.4) is 0 Å². The number of carbonyl (C=O) groups excluding carboxylic acids is 2. The predicted octanol–water partition coefficient (Wildman–Crippen LogP) is 1.23. The summed E-state index contributed by atoms with van der Waals surface area (Å²) in [5.41, 5.74) is 0.778. The van der Waals surface area contributed by atoms with Gasteiger partial charge < -0.3 is 16.0 Å². The number of benzene rings is 1. The van der Waals surface area contributed by atoms with E-state index < -0.39 is 0 Å². The largest absolute Gasteiger partial charge is 0.355 e. The Hall–Kier alpha value is -2.37. The maximum atomic E-state index is 12.6. The summed E-state index contributed by atoms with van der Waals surface area (Å²) >= 11 is 0. The van der Waals surface area contributed by atoms with Gasteiger partial charge in [-0.2, -0.15) is 0 Å². The van der Waals surface area contributed by atoms with Crippen LogP contribution in [0.4, 0.5) is 9.18 Å². The average Bonchev–Trinajstić information content (AvgIpc) is 2.37. The van der Waals surface area contributed by atoms with Crippen LogP contribution in [0, 0.1) is 5.82 Å². The van der Waals surface area contributed by atoms with Gasteiger partial charge in [0.1, 0.15) is 5.82 Å². The molecule has 3 amide bonds. The zero-order valence-electron chi connectivity index (χ0n) is 10.6. The first-order chi connectivity index (χ1) is 9.08. The van der Waals surface area contributed by atoms with Crippen molar-refractivity contribution in [2.45, 2.75) is 6.92 Å². The van der Waals surface area contributed by atoms with Crippen LogP contribution in [0.25, 0.3) is 6.08 Å². The molecule has 0 aromatic heterocycles. The molecule has 102 valence electrons. The number of nitrogens with one attached hydrogen (secondary N) is 3. The third-order valence-electron chi connectivity index (χ3n) is 2.14. The standard InChI is InChI=1S/C13H16FN3O2/c1-10(18)15-8-9-17-13(19)16-7-6-11-2-4-12(14)5-3-11/h2-7H,8-9H2,1H3,(H,15,18)(H2,16,17,19)/b7-6+. The topological polar surface area (TPSA) is 70.2 Å². The van der Waals surface area contributed by atoms with Gasteiger partial charge in [-0.1, -0.05) is 12.1 Å². The molecule has 1 rings (SSSR count). The minimum atomic E-state index is -0.372. The summed E-state index contributed by atoms with van der Waals surface area (Å²) in [5.74, 6) is -0.445. The van der Waals surface area contributed by atoms with Crippen molar-refractivity contribution in [3.05, 3.63) is 41.8 Å². The van der Waals surface area contributed by atoms with E-state index in [2.05, 4.69) is 16.0 Å². The van der Waals surface area contributed by atoms with Crippen molar-refractivity contribution in [2.75, 3.05) is 13.1 Å². The zero-order chi connectivity index (χ0) is 14.1. The second kappa shape index (κ2) is 7.86. The van der Waals surface area contributed by atoms with Crippen LogP contribution in [-0.4, -0.2) is 25.0 Å². The monoisotopic (exact) mass is 265 g/mol. The molecule has 0 radical (unpaired) electrons. The van der Waals surface area contributed by atoms with Crippen molar-refractivity contribution in [1.29, 1.82) is 0 Å². The first kappa shape index (κ1) is 14.7. The van der Waals surface area contributed by atoms with Crippen molar-refractivity contribution in [2.24, 2.45) is 0 Å². The third kappa shape index (κ3) is 6.82. The number of rotatable bonds is 5. The van der Waals surface area contributed by atoms with Crippen molar-refractivity contribution >= 4 is 18.0 Å². The fraction of sp³-hybridized carbons (Fsp3) is 0.231. The van der Waals surface area contributed by atoms with Crippen LogP contribution < -0.4 is 16.0 Å². The summed E-state index contributed by atoms with van der Waals surface area (Å²) < 4.78 is 12.6. The molecule has 6 heteroatoms. The second-order valence-electron chi connectivity index (χ2n) is 3.77. The first-order valence-corrected chi connectivity index (χ1v) is 5.79. The zero-order valence-corrected chi connectivity index (χ0v) is 10.6. The lowest BCUT2D eigenvalue weighted by molar-refractivity contribution is -0.118. The van der Waals surface area contributed by atoms with Crippen LogP contribution in [0.15, 0.2) is 30.5 Å². The fourth-order valence-corrected chi connectivity index (χ4v) is 1.25. The summed E-state index contributed by atoms with van der Waals surface area (Å²) in [5, 5.41) is 7.61. The molecule has 0 saturated heterocycles. The molecule has 19 heavy (non-hydrogen) atoms. The lowest BCUT2D eigenvalue weighted by Gasteiger charge is -2.04. The summed E-state index contributed by atoms with van der Waals surface area (Å²) in [6.07, 6.45) is 3.10. The Labute approximate surface area is 110 Å². The van der Waals surface area contributed by atoms with Crippen molar-refractivity contribution in [3.8, 4) is 0 Å². The molecule has 5 nitrogen and oxygen atoms in total. The molecule has 1 aromatic carbocycles. The Morgan fingerprint density at radius 1 is 1.16 bits per heavy atom. The normalized spacial score (nSPS) is 10.2. The van der Waals surface area contributed by atoms with Crippen LogP contribution >= 0.6 is 0 Å². The SMILES string of the molecule is CC(=O)NCCNC(=O)N/C=C/c1ccc(F)cc1. The van der Waals surface area contributed by atoms with Gasteiger partial charge in [-0.05, 0) is 23.8 Å². The molecule has 0 aliphatic carbocycles. The Morgan fingerprint density at radius 2 is 1.79 bits per heavy atom. The average molecular weight is 265 g/mol. The van der Waals surface area contributed by atoms with Gasteiger partial charge in [0.25, 0.3) is 0 Å². The molecule has 3 N–H and O–H groups in total. The van der Waals surface area contributed by atoms with Gasteiger partial charge in [0, 0.05) is 26.2 Å². The maximum absolute atomic E-state index is 12.6. The molecule has 0 aliphatic heterocycles. The molecular weight excluding hydrogens is 249 g/mol. The number of hydrogen-bond acceptors (Lipinski definition) is 2. The van der Waals surface area contributed by atoms with E-state index in [1.54, 1.807) is 18.2 Å². The van der Waals surface area contributed by atoms with E-state index in [9.17, 15) is 14.0 Å². The Morgan fingerprint density at radius 3 is 2.42 bits per heavy atom. The molecule has 0 unspecified atom stereocenters. The number of carbonyl (C=O) groups is 2. The van der Waals surface area contributed by atoms with E-state index >= 15 is 0 Å². The van der Waals surface area contributed by atoms with E-state index in [4.69, 9.17) is 0 Å². The summed E-state index contributed by atoms with van der Waals surface area (Å²) in [7, 11) is 0. The smallest absolute Gasteiger partial charge is 0.318 e.